The van der Waals surface area contributed by atoms with Crippen molar-refractivity contribution in [3.05, 3.63) is 28.5 Å². The zero-order chi connectivity index (χ0) is 13.1. The molecule has 0 aliphatic carbocycles. The second-order valence-corrected chi connectivity index (χ2v) is 4.65. The summed E-state index contributed by atoms with van der Waals surface area (Å²) in [6.45, 7) is 2.05. The number of nitrogens with zero attached hydrogens (tertiary/aromatic N) is 1. The summed E-state index contributed by atoms with van der Waals surface area (Å²) >= 11 is 5.96. The van der Waals surface area contributed by atoms with Gasteiger partial charge >= 0.3 is 0 Å². The van der Waals surface area contributed by atoms with Crippen LogP contribution in [0.4, 0.5) is 8.78 Å². The molecule has 0 unspecified atom stereocenters. The fraction of sp³-hybridized carbons (Fsp3) is 0.500. The SMILES string of the molecule is Cl.Cl.Oc1c(F)ccc(Cl)c1[C@H](CF)N1CCNCC1. The van der Waals surface area contributed by atoms with Crippen molar-refractivity contribution in [2.24, 2.45) is 0 Å². The first-order chi connectivity index (χ1) is 8.65. The van der Waals surface area contributed by atoms with Crippen LogP contribution >= 0.6 is 36.4 Å². The highest BCUT2D eigenvalue weighted by atomic mass is 35.5. The highest BCUT2D eigenvalue weighted by molar-refractivity contribution is 6.31. The van der Waals surface area contributed by atoms with Crippen LogP contribution in [0.15, 0.2) is 12.1 Å². The summed E-state index contributed by atoms with van der Waals surface area (Å²) in [6.07, 6.45) is 0. The fourth-order valence-corrected chi connectivity index (χ4v) is 2.50. The van der Waals surface area contributed by atoms with Crippen LogP contribution in [0.5, 0.6) is 5.75 Å². The predicted molar refractivity (Wildman–Crippen MR) is 80.7 cm³/mol. The summed E-state index contributed by atoms with van der Waals surface area (Å²) < 4.78 is 26.6. The highest BCUT2D eigenvalue weighted by Gasteiger charge is 2.27. The molecule has 3 nitrogen and oxygen atoms in total. The molecule has 0 bridgehead atoms. The molecule has 1 heterocycles. The van der Waals surface area contributed by atoms with E-state index in [4.69, 9.17) is 11.6 Å². The van der Waals surface area contributed by atoms with Gasteiger partial charge in [0.1, 0.15) is 6.67 Å². The van der Waals surface area contributed by atoms with Crippen LogP contribution in [0, 0.1) is 5.82 Å². The molecular weight excluding hydrogens is 333 g/mol. The van der Waals surface area contributed by atoms with Gasteiger partial charge in [-0.25, -0.2) is 8.78 Å². The molecule has 1 aliphatic rings. The number of halogens is 5. The van der Waals surface area contributed by atoms with E-state index < -0.39 is 24.3 Å². The Morgan fingerprint density at radius 3 is 2.45 bits per heavy atom. The number of alkyl halides is 1. The molecule has 20 heavy (non-hydrogen) atoms. The van der Waals surface area contributed by atoms with Gasteiger partial charge in [-0.1, -0.05) is 11.6 Å². The molecule has 1 saturated heterocycles. The quantitative estimate of drug-likeness (QED) is 0.881. The van der Waals surface area contributed by atoms with E-state index in [0.717, 1.165) is 19.2 Å². The lowest BCUT2D eigenvalue weighted by molar-refractivity contribution is 0.144. The van der Waals surface area contributed by atoms with E-state index in [1.165, 1.54) is 6.07 Å². The second-order valence-electron chi connectivity index (χ2n) is 4.25. The van der Waals surface area contributed by atoms with Crippen molar-refractivity contribution in [3.63, 3.8) is 0 Å². The maximum atomic E-state index is 13.4. The second kappa shape index (κ2) is 8.85. The molecule has 0 amide bonds. The molecule has 1 fully saturated rings. The van der Waals surface area contributed by atoms with Crippen molar-refractivity contribution in [2.45, 2.75) is 6.04 Å². The Morgan fingerprint density at radius 1 is 1.30 bits per heavy atom. The molecular formula is C12H17Cl3F2N2O. The first kappa shape index (κ1) is 19.7. The van der Waals surface area contributed by atoms with E-state index in [2.05, 4.69) is 5.32 Å². The van der Waals surface area contributed by atoms with Crippen LogP contribution in [-0.4, -0.2) is 42.9 Å². The molecule has 0 saturated carbocycles. The molecule has 8 heteroatoms. The third-order valence-electron chi connectivity index (χ3n) is 3.19. The van der Waals surface area contributed by atoms with Gasteiger partial charge in [0, 0.05) is 36.8 Å². The summed E-state index contributed by atoms with van der Waals surface area (Å²) in [7, 11) is 0. The van der Waals surface area contributed by atoms with Crippen LogP contribution in [0.25, 0.3) is 0 Å². The van der Waals surface area contributed by atoms with Crippen LogP contribution in [0.3, 0.4) is 0 Å². The Balaban J connectivity index is 0.00000180. The Morgan fingerprint density at radius 2 is 1.90 bits per heavy atom. The molecule has 0 radical (unpaired) electrons. The van der Waals surface area contributed by atoms with E-state index >= 15 is 0 Å². The molecule has 2 N–H and O–H groups in total. The van der Waals surface area contributed by atoms with E-state index in [-0.39, 0.29) is 35.4 Å². The first-order valence-electron chi connectivity index (χ1n) is 5.82. The molecule has 2 rings (SSSR count). The zero-order valence-electron chi connectivity index (χ0n) is 10.6. The number of phenols is 1. The van der Waals surface area contributed by atoms with Crippen molar-refractivity contribution in [1.29, 1.82) is 0 Å². The zero-order valence-corrected chi connectivity index (χ0v) is 13.0. The molecule has 0 aromatic heterocycles. The average Bonchev–Trinajstić information content (AvgIpc) is 2.40. The van der Waals surface area contributed by atoms with Gasteiger partial charge in [-0.15, -0.1) is 24.8 Å². The minimum atomic E-state index is -0.775. The normalized spacial score (nSPS) is 16.9. The first-order valence-corrected chi connectivity index (χ1v) is 6.20. The minimum absolute atomic E-state index is 0. The third kappa shape index (κ3) is 4.09. The Labute approximate surface area is 134 Å². The summed E-state index contributed by atoms with van der Waals surface area (Å²) in [5.41, 5.74) is 0.140. The number of benzene rings is 1. The Hall–Kier alpha value is -0.330. The van der Waals surface area contributed by atoms with Gasteiger partial charge in [-0.2, -0.15) is 0 Å². The molecule has 1 aliphatic heterocycles. The van der Waals surface area contributed by atoms with Gasteiger partial charge in [-0.3, -0.25) is 4.90 Å². The minimum Gasteiger partial charge on any atom is -0.505 e. The Kier molecular flexibility index (Phi) is 8.70. The number of nitrogens with one attached hydrogen (secondary N) is 1. The van der Waals surface area contributed by atoms with Gasteiger partial charge in [0.15, 0.2) is 11.6 Å². The van der Waals surface area contributed by atoms with Crippen molar-refractivity contribution < 1.29 is 13.9 Å². The maximum absolute atomic E-state index is 13.4. The third-order valence-corrected chi connectivity index (χ3v) is 3.52. The Bertz CT molecular complexity index is 431. The lowest BCUT2D eigenvalue weighted by Gasteiger charge is -2.34. The largest absolute Gasteiger partial charge is 0.505 e. The van der Waals surface area contributed by atoms with Crippen LogP contribution < -0.4 is 5.32 Å². The lowest BCUT2D eigenvalue weighted by atomic mass is 10.0. The average molecular weight is 350 g/mol. The standard InChI is InChI=1S/C12H15ClF2N2O.2ClH/c13-8-1-2-9(15)12(18)11(8)10(7-14)17-5-3-16-4-6-17;;/h1-2,10,16,18H,3-7H2;2*1H/t10-;;/m0../s1. The topological polar surface area (TPSA) is 35.5 Å². The fourth-order valence-electron chi connectivity index (χ4n) is 2.22. The monoisotopic (exact) mass is 348 g/mol. The van der Waals surface area contributed by atoms with Crippen molar-refractivity contribution in [2.75, 3.05) is 32.9 Å². The van der Waals surface area contributed by atoms with Crippen LogP contribution in [-0.2, 0) is 0 Å². The molecule has 116 valence electrons. The number of phenolic OH excluding ortho intramolecular Hbond substituents is 1. The summed E-state index contributed by atoms with van der Waals surface area (Å²) in [5.74, 6) is -1.33. The van der Waals surface area contributed by atoms with Crippen molar-refractivity contribution in [1.82, 2.24) is 10.2 Å². The van der Waals surface area contributed by atoms with Crippen molar-refractivity contribution in [3.8, 4) is 5.75 Å². The van der Waals surface area contributed by atoms with E-state index in [1.54, 1.807) is 0 Å². The van der Waals surface area contributed by atoms with Crippen molar-refractivity contribution >= 4 is 36.4 Å². The van der Waals surface area contributed by atoms with E-state index in [0.29, 0.717) is 13.1 Å². The molecule has 1 atom stereocenters. The number of rotatable bonds is 3. The van der Waals surface area contributed by atoms with Crippen LogP contribution in [0.2, 0.25) is 5.02 Å². The number of aromatic hydroxyl groups is 1. The van der Waals surface area contributed by atoms with Gasteiger partial charge in [-0.05, 0) is 12.1 Å². The van der Waals surface area contributed by atoms with Gasteiger partial charge in [0.05, 0.1) is 6.04 Å². The summed E-state index contributed by atoms with van der Waals surface area (Å²) in [4.78, 5) is 1.86. The number of hydrogen-bond donors (Lipinski definition) is 2. The molecule has 1 aromatic carbocycles. The number of piperazine rings is 1. The predicted octanol–water partition coefficient (Wildman–Crippen LogP) is 2.94. The number of hydrogen-bond acceptors (Lipinski definition) is 3. The highest BCUT2D eigenvalue weighted by Crippen LogP contribution is 2.36. The van der Waals surface area contributed by atoms with Crippen LogP contribution in [0.1, 0.15) is 11.6 Å². The van der Waals surface area contributed by atoms with Gasteiger partial charge in [0.2, 0.25) is 0 Å². The summed E-state index contributed by atoms with van der Waals surface area (Å²) in [6, 6.07) is 1.72. The van der Waals surface area contributed by atoms with E-state index in [9.17, 15) is 13.9 Å². The molecule has 0 spiro atoms. The maximum Gasteiger partial charge on any atom is 0.165 e. The van der Waals surface area contributed by atoms with E-state index in [1.807, 2.05) is 4.90 Å². The lowest BCUT2D eigenvalue weighted by Crippen LogP contribution is -2.45. The van der Waals surface area contributed by atoms with Gasteiger partial charge < -0.3 is 10.4 Å². The summed E-state index contributed by atoms with van der Waals surface area (Å²) in [5, 5.41) is 13.1. The van der Waals surface area contributed by atoms with Gasteiger partial charge in [0.25, 0.3) is 0 Å². The molecule has 1 aromatic rings. The smallest absolute Gasteiger partial charge is 0.165 e.